The van der Waals surface area contributed by atoms with Gasteiger partial charge in [0.1, 0.15) is 10.4 Å². The van der Waals surface area contributed by atoms with Gasteiger partial charge >= 0.3 is 17.8 Å². The monoisotopic (exact) mass is 479 g/mol. The normalized spacial score (nSPS) is 12.5. The van der Waals surface area contributed by atoms with Crippen molar-refractivity contribution in [3.63, 3.8) is 0 Å². The van der Waals surface area contributed by atoms with E-state index in [4.69, 9.17) is 9.47 Å². The van der Waals surface area contributed by atoms with Gasteiger partial charge in [-0.25, -0.2) is 4.79 Å². The number of fused-ring (bicyclic) bond motifs is 1. The number of halogens is 3. The Morgan fingerprint density at radius 1 is 1.12 bits per heavy atom. The van der Waals surface area contributed by atoms with Gasteiger partial charge in [0.15, 0.2) is 0 Å². The number of aryl methyl sites for hydroxylation is 2. The maximum atomic E-state index is 13.0. The fraction of sp³-hybridized carbons (Fsp3) is 0.650. The van der Waals surface area contributed by atoms with Crippen molar-refractivity contribution in [3.8, 4) is 0 Å². The van der Waals surface area contributed by atoms with E-state index >= 15 is 0 Å². The number of hydrogen-bond acceptors (Lipinski definition) is 7. The minimum Gasteiger partial charge on any atom is -0.459 e. The lowest BCUT2D eigenvalue weighted by atomic mass is 10.2. The van der Waals surface area contributed by atoms with Gasteiger partial charge in [-0.15, -0.1) is 11.3 Å². The predicted molar refractivity (Wildman–Crippen MR) is 115 cm³/mol. The topological polar surface area (TPSA) is 91.6 Å². The molecule has 8 nitrogen and oxygen atoms in total. The molecule has 0 radical (unpaired) electrons. The summed E-state index contributed by atoms with van der Waals surface area (Å²) in [6.45, 7) is 6.41. The van der Waals surface area contributed by atoms with Crippen LogP contribution < -0.4 is 16.6 Å². The highest BCUT2D eigenvalue weighted by Gasteiger charge is 2.28. The molecule has 12 heteroatoms. The summed E-state index contributed by atoms with van der Waals surface area (Å²) < 4.78 is 50.6. The number of alkyl halides is 3. The second-order valence-electron chi connectivity index (χ2n) is 8.27. The first kappa shape index (κ1) is 26.1. The average Bonchev–Trinajstić information content (AvgIpc) is 2.95. The molecule has 1 N–H and O–H groups in total. The number of nitrogens with one attached hydrogen (secondary N) is 1. The van der Waals surface area contributed by atoms with Crippen LogP contribution in [-0.2, 0) is 33.9 Å². The number of thiophene rings is 1. The second kappa shape index (κ2) is 10.2. The van der Waals surface area contributed by atoms with E-state index < -0.39 is 42.0 Å². The Balaban J connectivity index is 2.42. The van der Waals surface area contributed by atoms with E-state index in [0.29, 0.717) is 10.4 Å². The molecule has 0 aliphatic rings. The fourth-order valence-corrected chi connectivity index (χ4v) is 4.37. The zero-order valence-corrected chi connectivity index (χ0v) is 19.5. The number of nitrogens with zero attached hydrogens (tertiary/aromatic N) is 2. The van der Waals surface area contributed by atoms with Crippen molar-refractivity contribution >= 4 is 27.5 Å². The summed E-state index contributed by atoms with van der Waals surface area (Å²) in [6, 6.07) is 0. The maximum Gasteiger partial charge on any atom is 0.390 e. The summed E-state index contributed by atoms with van der Waals surface area (Å²) in [6.07, 6.45) is -5.66. The van der Waals surface area contributed by atoms with Crippen LogP contribution in [0, 0.1) is 6.92 Å². The second-order valence-corrected chi connectivity index (χ2v) is 9.35. The Bertz CT molecular complexity index is 1080. The smallest absolute Gasteiger partial charge is 0.390 e. The van der Waals surface area contributed by atoms with E-state index in [2.05, 4.69) is 5.32 Å². The Morgan fingerprint density at radius 3 is 2.34 bits per heavy atom. The summed E-state index contributed by atoms with van der Waals surface area (Å²) >= 11 is 1.06. The molecule has 2 heterocycles. The van der Waals surface area contributed by atoms with Crippen LogP contribution >= 0.6 is 11.3 Å². The van der Waals surface area contributed by atoms with Crippen LogP contribution in [-0.4, -0.2) is 47.1 Å². The van der Waals surface area contributed by atoms with Gasteiger partial charge < -0.3 is 14.8 Å². The van der Waals surface area contributed by atoms with Gasteiger partial charge in [0.05, 0.1) is 31.5 Å². The van der Waals surface area contributed by atoms with Crippen LogP contribution in [0.5, 0.6) is 0 Å². The molecular formula is C20H28F3N3O5S. The third-order valence-corrected chi connectivity index (χ3v) is 5.82. The van der Waals surface area contributed by atoms with Crippen molar-refractivity contribution in [1.29, 1.82) is 0 Å². The quantitative estimate of drug-likeness (QED) is 0.556. The van der Waals surface area contributed by atoms with Gasteiger partial charge in [-0.2, -0.15) is 13.2 Å². The largest absolute Gasteiger partial charge is 0.459 e. The lowest BCUT2D eigenvalue weighted by Crippen LogP contribution is -2.41. The number of aromatic nitrogens is 2. The lowest BCUT2D eigenvalue weighted by Gasteiger charge is -2.19. The minimum atomic E-state index is -4.45. The minimum absolute atomic E-state index is 0.0629. The molecule has 0 spiro atoms. The standard InChI is InChI=1S/C20H28F3N3O5S/c1-12-13(10-24-11-14(27)31-19(2,3)4)32-17-15(12)16(28)25(8-9-30-5)18(29)26(17)7-6-20(21,22)23/h24H,6-11H2,1-5H3. The Kier molecular flexibility index (Phi) is 8.29. The maximum absolute atomic E-state index is 13.0. The molecule has 0 bridgehead atoms. The zero-order valence-electron chi connectivity index (χ0n) is 18.7. The van der Waals surface area contributed by atoms with Gasteiger partial charge in [0, 0.05) is 25.1 Å². The molecule has 32 heavy (non-hydrogen) atoms. The van der Waals surface area contributed by atoms with Crippen LogP contribution in [0.3, 0.4) is 0 Å². The Morgan fingerprint density at radius 2 is 1.78 bits per heavy atom. The van der Waals surface area contributed by atoms with Crippen LogP contribution in [0.25, 0.3) is 10.2 Å². The third-order valence-electron chi connectivity index (χ3n) is 4.51. The number of rotatable bonds is 9. The molecule has 0 saturated heterocycles. The molecule has 180 valence electrons. The first-order valence-electron chi connectivity index (χ1n) is 9.99. The molecule has 2 aromatic rings. The molecule has 0 atom stereocenters. The summed E-state index contributed by atoms with van der Waals surface area (Å²) in [7, 11) is 1.40. The molecule has 0 aromatic carbocycles. The number of ether oxygens (including phenoxy) is 2. The van der Waals surface area contributed by atoms with Crippen LogP contribution in [0.4, 0.5) is 13.2 Å². The van der Waals surface area contributed by atoms with Gasteiger partial charge in [-0.1, -0.05) is 0 Å². The highest BCUT2D eigenvalue weighted by atomic mass is 32.1. The van der Waals surface area contributed by atoms with Gasteiger partial charge in [0.2, 0.25) is 0 Å². The van der Waals surface area contributed by atoms with Gasteiger partial charge in [-0.3, -0.25) is 18.7 Å². The Labute approximate surface area is 186 Å². The zero-order chi connectivity index (χ0) is 24.3. The van der Waals surface area contributed by atoms with E-state index in [-0.39, 0.29) is 36.5 Å². The van der Waals surface area contributed by atoms with Crippen molar-refractivity contribution in [1.82, 2.24) is 14.5 Å². The molecule has 2 aromatic heterocycles. The first-order valence-corrected chi connectivity index (χ1v) is 10.8. The molecule has 0 saturated carbocycles. The number of hydrogen-bond donors (Lipinski definition) is 1. The molecular weight excluding hydrogens is 451 g/mol. The molecule has 0 amide bonds. The molecule has 0 aliphatic heterocycles. The Hall–Kier alpha value is -2.18. The average molecular weight is 480 g/mol. The number of carbonyl (C=O) groups is 1. The highest BCUT2D eigenvalue weighted by molar-refractivity contribution is 7.18. The fourth-order valence-electron chi connectivity index (χ4n) is 3.08. The molecule has 0 fully saturated rings. The lowest BCUT2D eigenvalue weighted by molar-refractivity contribution is -0.153. The molecule has 0 unspecified atom stereocenters. The van der Waals surface area contributed by atoms with E-state index in [1.807, 2.05) is 0 Å². The van der Waals surface area contributed by atoms with Crippen LogP contribution in [0.1, 0.15) is 37.6 Å². The predicted octanol–water partition coefficient (Wildman–Crippen LogP) is 2.56. The van der Waals surface area contributed by atoms with Crippen molar-refractivity contribution in [2.45, 2.75) is 65.5 Å². The molecule has 2 rings (SSSR count). The molecule has 0 aliphatic carbocycles. The van der Waals surface area contributed by atoms with Crippen LogP contribution in [0.2, 0.25) is 0 Å². The first-order chi connectivity index (χ1) is 14.7. The van der Waals surface area contributed by atoms with Gasteiger partial charge in [0.25, 0.3) is 5.56 Å². The summed E-state index contributed by atoms with van der Waals surface area (Å²) in [5, 5.41) is 3.12. The third kappa shape index (κ3) is 6.66. The summed E-state index contributed by atoms with van der Waals surface area (Å²) in [4.78, 5) is 38.5. The van der Waals surface area contributed by atoms with Crippen molar-refractivity contribution in [2.75, 3.05) is 20.3 Å². The van der Waals surface area contributed by atoms with E-state index in [0.717, 1.165) is 20.5 Å². The van der Waals surface area contributed by atoms with Crippen molar-refractivity contribution in [3.05, 3.63) is 31.3 Å². The van der Waals surface area contributed by atoms with E-state index in [1.165, 1.54) is 7.11 Å². The number of carbonyl (C=O) groups excluding carboxylic acids is 1. The SMILES string of the molecule is COCCn1c(=O)c2c(C)c(CNCC(=O)OC(C)(C)C)sc2n(CCC(F)(F)F)c1=O. The highest BCUT2D eigenvalue weighted by Crippen LogP contribution is 2.29. The van der Waals surface area contributed by atoms with Crippen LogP contribution in [0.15, 0.2) is 9.59 Å². The number of methoxy groups -OCH3 is 1. The van der Waals surface area contributed by atoms with Gasteiger partial charge in [-0.05, 0) is 33.3 Å². The van der Waals surface area contributed by atoms with E-state index in [1.54, 1.807) is 27.7 Å². The number of esters is 1. The summed E-state index contributed by atoms with van der Waals surface area (Å²) in [5.41, 5.74) is -1.46. The van der Waals surface area contributed by atoms with Crippen molar-refractivity contribution in [2.24, 2.45) is 0 Å². The van der Waals surface area contributed by atoms with E-state index in [9.17, 15) is 27.6 Å². The summed E-state index contributed by atoms with van der Waals surface area (Å²) in [5.74, 6) is -0.458. The van der Waals surface area contributed by atoms with Crippen molar-refractivity contribution < 1.29 is 27.4 Å².